The van der Waals surface area contributed by atoms with Crippen LogP contribution in [0, 0.1) is 0 Å². The molecule has 1 unspecified atom stereocenters. The molecule has 0 aliphatic heterocycles. The number of carbonyl (C=O) groups is 1. The number of aromatic nitrogens is 2. The molecule has 0 spiro atoms. The zero-order valence-corrected chi connectivity index (χ0v) is 19.9. The minimum absolute atomic E-state index is 0.0996. The summed E-state index contributed by atoms with van der Waals surface area (Å²) in [6, 6.07) is 10.5. The molecule has 0 aliphatic carbocycles. The summed E-state index contributed by atoms with van der Waals surface area (Å²) in [6.45, 7) is 11.0. The summed E-state index contributed by atoms with van der Waals surface area (Å²) in [4.78, 5) is 19.8. The molecule has 2 aromatic heterocycles. The van der Waals surface area contributed by atoms with E-state index in [4.69, 9.17) is 4.74 Å². The Bertz CT molecular complexity index is 977. The third-order valence-corrected chi connectivity index (χ3v) is 6.53. The molecular formula is C24H34N4O2S. The number of hydrogen-bond donors (Lipinski definition) is 1. The maximum absolute atomic E-state index is 12.7. The van der Waals surface area contributed by atoms with Gasteiger partial charge in [0.05, 0.1) is 12.3 Å². The first kappa shape index (κ1) is 23.4. The molecule has 1 N–H and O–H groups in total. The van der Waals surface area contributed by atoms with Crippen LogP contribution in [-0.2, 0) is 11.3 Å². The molecule has 0 radical (unpaired) electrons. The summed E-state index contributed by atoms with van der Waals surface area (Å²) in [5, 5.41) is 6.98. The van der Waals surface area contributed by atoms with Crippen molar-refractivity contribution in [2.24, 2.45) is 0 Å². The van der Waals surface area contributed by atoms with E-state index >= 15 is 0 Å². The molecule has 0 fully saturated rings. The Kier molecular flexibility index (Phi) is 8.63. The highest BCUT2D eigenvalue weighted by Crippen LogP contribution is 2.30. The van der Waals surface area contributed by atoms with E-state index in [-0.39, 0.29) is 11.9 Å². The molecule has 1 atom stereocenters. The Balaban J connectivity index is 1.68. The summed E-state index contributed by atoms with van der Waals surface area (Å²) in [5.41, 5.74) is 2.66. The molecule has 31 heavy (non-hydrogen) atoms. The second-order valence-corrected chi connectivity index (χ2v) is 8.67. The molecule has 3 aromatic rings. The van der Waals surface area contributed by atoms with Crippen molar-refractivity contribution in [2.45, 2.75) is 46.2 Å². The lowest BCUT2D eigenvalue weighted by Crippen LogP contribution is -2.33. The largest absolute Gasteiger partial charge is 0.383 e. The normalized spacial score (nSPS) is 12.5. The zero-order chi connectivity index (χ0) is 22.2. The van der Waals surface area contributed by atoms with Crippen molar-refractivity contribution in [1.82, 2.24) is 19.8 Å². The van der Waals surface area contributed by atoms with Crippen LogP contribution >= 0.6 is 11.3 Å². The lowest BCUT2D eigenvalue weighted by Gasteiger charge is -2.19. The fourth-order valence-electron chi connectivity index (χ4n) is 3.84. The zero-order valence-electron chi connectivity index (χ0n) is 19.1. The lowest BCUT2D eigenvalue weighted by molar-refractivity contribution is 0.0933. The molecule has 0 bridgehead atoms. The summed E-state index contributed by atoms with van der Waals surface area (Å²) in [7, 11) is 1.71. The van der Waals surface area contributed by atoms with E-state index in [1.54, 1.807) is 7.11 Å². The minimum Gasteiger partial charge on any atom is -0.383 e. The molecule has 1 amide bonds. The van der Waals surface area contributed by atoms with Crippen LogP contribution in [0.15, 0.2) is 35.7 Å². The van der Waals surface area contributed by atoms with Gasteiger partial charge >= 0.3 is 0 Å². The second-order valence-electron chi connectivity index (χ2n) is 7.81. The third-order valence-electron chi connectivity index (χ3n) is 5.67. The first-order valence-electron chi connectivity index (χ1n) is 11.1. The van der Waals surface area contributed by atoms with E-state index in [0.29, 0.717) is 12.3 Å². The Labute approximate surface area is 189 Å². The van der Waals surface area contributed by atoms with Crippen LogP contribution in [0.5, 0.6) is 0 Å². The fourth-order valence-corrected chi connectivity index (χ4v) is 4.66. The van der Waals surface area contributed by atoms with Crippen molar-refractivity contribution < 1.29 is 9.53 Å². The van der Waals surface area contributed by atoms with Gasteiger partial charge in [-0.15, -0.1) is 11.3 Å². The maximum Gasteiger partial charge on any atom is 0.270 e. The van der Waals surface area contributed by atoms with Crippen molar-refractivity contribution in [3.05, 3.63) is 41.4 Å². The number of rotatable bonds is 12. The average molecular weight is 443 g/mol. The number of methoxy groups -OCH3 is 1. The number of thiazole rings is 1. The molecule has 2 heterocycles. The predicted octanol–water partition coefficient (Wildman–Crippen LogP) is 4.65. The number of amides is 1. The number of nitrogens with zero attached hydrogens (tertiary/aromatic N) is 3. The van der Waals surface area contributed by atoms with E-state index in [0.717, 1.165) is 60.6 Å². The number of nitrogens with one attached hydrogen (secondary N) is 1. The van der Waals surface area contributed by atoms with Gasteiger partial charge in [-0.25, -0.2) is 4.98 Å². The van der Waals surface area contributed by atoms with Gasteiger partial charge in [0.1, 0.15) is 10.7 Å². The predicted molar refractivity (Wildman–Crippen MR) is 129 cm³/mol. The summed E-state index contributed by atoms with van der Waals surface area (Å²) in [5.74, 6) is -0.0996. The molecule has 0 saturated carbocycles. The summed E-state index contributed by atoms with van der Waals surface area (Å²) < 4.78 is 7.52. The average Bonchev–Trinajstić information content (AvgIpc) is 3.40. The van der Waals surface area contributed by atoms with Crippen molar-refractivity contribution in [2.75, 3.05) is 33.4 Å². The van der Waals surface area contributed by atoms with Crippen LogP contribution in [0.3, 0.4) is 0 Å². The van der Waals surface area contributed by atoms with Gasteiger partial charge in [0.25, 0.3) is 5.91 Å². The molecule has 1 aromatic carbocycles. The number of carbonyl (C=O) groups excluding carboxylic acids is 1. The van der Waals surface area contributed by atoms with Crippen molar-refractivity contribution in [3.63, 3.8) is 0 Å². The molecule has 7 heteroatoms. The fraction of sp³-hybridized carbons (Fsp3) is 0.500. The van der Waals surface area contributed by atoms with Gasteiger partial charge in [0.2, 0.25) is 0 Å². The van der Waals surface area contributed by atoms with Crippen molar-refractivity contribution >= 4 is 28.1 Å². The topological polar surface area (TPSA) is 59.4 Å². The number of benzene rings is 1. The van der Waals surface area contributed by atoms with Gasteiger partial charge in [-0.05, 0) is 51.5 Å². The van der Waals surface area contributed by atoms with Gasteiger partial charge in [-0.1, -0.05) is 32.0 Å². The number of para-hydroxylation sites is 1. The van der Waals surface area contributed by atoms with Crippen LogP contribution in [0.25, 0.3) is 21.6 Å². The monoisotopic (exact) mass is 442 g/mol. The molecule has 0 saturated heterocycles. The summed E-state index contributed by atoms with van der Waals surface area (Å²) in [6.07, 6.45) is 2.04. The standard InChI is InChI=1S/C24H34N4O2S/c1-5-27(6-2)13-9-10-18(3)25-23(29)20-17-31-24(26-20)22-16-19-11-7-8-12-21(19)28(22)14-15-30-4/h7-8,11-12,16-18H,5-6,9-10,13-15H2,1-4H3,(H,25,29). The Morgan fingerprint density at radius 3 is 2.81 bits per heavy atom. The van der Waals surface area contributed by atoms with E-state index < -0.39 is 0 Å². The highest BCUT2D eigenvalue weighted by Gasteiger charge is 2.17. The maximum atomic E-state index is 12.7. The number of fused-ring (bicyclic) bond motifs is 1. The van der Waals surface area contributed by atoms with Gasteiger partial charge in [0, 0.05) is 36.0 Å². The smallest absolute Gasteiger partial charge is 0.270 e. The van der Waals surface area contributed by atoms with E-state index in [1.807, 2.05) is 17.5 Å². The molecule has 6 nitrogen and oxygen atoms in total. The first-order chi connectivity index (χ1) is 15.1. The van der Waals surface area contributed by atoms with Gasteiger partial charge in [-0.3, -0.25) is 4.79 Å². The quantitative estimate of drug-likeness (QED) is 0.443. The minimum atomic E-state index is -0.0996. The Morgan fingerprint density at radius 1 is 1.29 bits per heavy atom. The number of hydrogen-bond acceptors (Lipinski definition) is 5. The van der Waals surface area contributed by atoms with Gasteiger partial charge in [-0.2, -0.15) is 0 Å². The van der Waals surface area contributed by atoms with E-state index in [9.17, 15) is 4.79 Å². The van der Waals surface area contributed by atoms with Crippen LogP contribution < -0.4 is 5.32 Å². The molecular weight excluding hydrogens is 408 g/mol. The van der Waals surface area contributed by atoms with E-state index in [1.165, 1.54) is 11.3 Å². The Hall–Kier alpha value is -2.22. The lowest BCUT2D eigenvalue weighted by atomic mass is 10.1. The summed E-state index contributed by atoms with van der Waals surface area (Å²) >= 11 is 1.51. The highest BCUT2D eigenvalue weighted by atomic mass is 32.1. The molecule has 0 aliphatic rings. The molecule has 168 valence electrons. The van der Waals surface area contributed by atoms with Crippen molar-refractivity contribution in [3.8, 4) is 10.7 Å². The van der Waals surface area contributed by atoms with Crippen molar-refractivity contribution in [1.29, 1.82) is 0 Å². The second kappa shape index (κ2) is 11.4. The van der Waals surface area contributed by atoms with Gasteiger partial charge < -0.3 is 19.5 Å². The third kappa shape index (κ3) is 5.93. The number of ether oxygens (including phenoxy) is 1. The van der Waals surface area contributed by atoms with Gasteiger partial charge in [0.15, 0.2) is 0 Å². The van der Waals surface area contributed by atoms with Crippen LogP contribution in [0.4, 0.5) is 0 Å². The van der Waals surface area contributed by atoms with Crippen LogP contribution in [-0.4, -0.2) is 59.8 Å². The Morgan fingerprint density at radius 2 is 2.06 bits per heavy atom. The van der Waals surface area contributed by atoms with Crippen LogP contribution in [0.2, 0.25) is 0 Å². The first-order valence-corrected chi connectivity index (χ1v) is 12.0. The van der Waals surface area contributed by atoms with Crippen LogP contribution in [0.1, 0.15) is 44.1 Å². The van der Waals surface area contributed by atoms with E-state index in [2.05, 4.69) is 58.7 Å². The molecule has 3 rings (SSSR count). The highest BCUT2D eigenvalue weighted by molar-refractivity contribution is 7.13. The SMILES string of the molecule is CCN(CC)CCCC(C)NC(=O)c1csc(-c2cc3ccccc3n2CCOC)n1.